The summed E-state index contributed by atoms with van der Waals surface area (Å²) in [5.41, 5.74) is 0.0209. The predicted molar refractivity (Wildman–Crippen MR) is 45.7 cm³/mol. The van der Waals surface area contributed by atoms with E-state index in [4.69, 9.17) is 5.11 Å². The van der Waals surface area contributed by atoms with Crippen LogP contribution in [-0.2, 0) is 0 Å². The number of aromatic carboxylic acids is 1. The molecule has 1 aromatic heterocycles. The molecular weight excluding hydrogens is 194 g/mol. The number of anilines is 1. The lowest BCUT2D eigenvalue weighted by Crippen LogP contribution is -2.11. The first kappa shape index (κ1) is 10.4. The van der Waals surface area contributed by atoms with Crippen LogP contribution >= 0.6 is 0 Å². The van der Waals surface area contributed by atoms with Crippen LogP contribution in [0.2, 0.25) is 0 Å². The fourth-order valence-corrected chi connectivity index (χ4v) is 0.807. The highest BCUT2D eigenvalue weighted by Crippen LogP contribution is 2.05. The number of rotatable bonds is 4. The van der Waals surface area contributed by atoms with E-state index in [-0.39, 0.29) is 11.4 Å². The molecule has 0 aromatic carbocycles. The van der Waals surface area contributed by atoms with Crippen LogP contribution in [0.3, 0.4) is 0 Å². The molecule has 0 aliphatic carbocycles. The van der Waals surface area contributed by atoms with Gasteiger partial charge in [0.15, 0.2) is 0 Å². The molecule has 76 valence electrons. The minimum absolute atomic E-state index is 0.0209. The van der Waals surface area contributed by atoms with Crippen molar-refractivity contribution in [2.75, 3.05) is 11.9 Å². The number of carboxylic acids is 1. The summed E-state index contributed by atoms with van der Waals surface area (Å²) < 4.78 is 23.5. The first-order valence-corrected chi connectivity index (χ1v) is 3.81. The van der Waals surface area contributed by atoms with Crippen LogP contribution in [0.25, 0.3) is 0 Å². The number of nitrogens with one attached hydrogen (secondary N) is 1. The molecule has 0 aliphatic heterocycles. The van der Waals surface area contributed by atoms with Gasteiger partial charge < -0.3 is 10.4 Å². The molecular formula is C8H8F2N2O2. The molecule has 0 saturated heterocycles. The molecule has 0 atom stereocenters. The maximum Gasteiger partial charge on any atom is 0.337 e. The molecule has 0 spiro atoms. The van der Waals surface area contributed by atoms with Gasteiger partial charge in [-0.3, -0.25) is 0 Å². The number of carboxylic acid groups (broad SMARTS) is 1. The summed E-state index contributed by atoms with van der Waals surface area (Å²) in [6.45, 7) is -0.501. The summed E-state index contributed by atoms with van der Waals surface area (Å²) >= 11 is 0. The highest BCUT2D eigenvalue weighted by Gasteiger charge is 2.04. The van der Waals surface area contributed by atoms with Gasteiger partial charge in [-0.2, -0.15) is 0 Å². The van der Waals surface area contributed by atoms with E-state index in [1.807, 2.05) is 0 Å². The predicted octanol–water partition coefficient (Wildman–Crippen LogP) is 1.46. The SMILES string of the molecule is O=C(O)c1ccc(NCC(F)F)nc1. The first-order valence-electron chi connectivity index (χ1n) is 3.81. The molecule has 1 rings (SSSR count). The van der Waals surface area contributed by atoms with E-state index in [1.54, 1.807) is 0 Å². The van der Waals surface area contributed by atoms with Crippen molar-refractivity contribution in [1.29, 1.82) is 0 Å². The van der Waals surface area contributed by atoms with Crippen LogP contribution in [0.4, 0.5) is 14.6 Å². The molecule has 0 amide bonds. The minimum Gasteiger partial charge on any atom is -0.478 e. The van der Waals surface area contributed by atoms with Gasteiger partial charge in [-0.15, -0.1) is 0 Å². The molecule has 0 saturated carbocycles. The molecule has 14 heavy (non-hydrogen) atoms. The van der Waals surface area contributed by atoms with E-state index in [2.05, 4.69) is 10.3 Å². The van der Waals surface area contributed by atoms with E-state index < -0.39 is 18.9 Å². The third kappa shape index (κ3) is 2.96. The third-order valence-corrected chi connectivity index (χ3v) is 1.45. The van der Waals surface area contributed by atoms with Gasteiger partial charge in [-0.25, -0.2) is 18.6 Å². The van der Waals surface area contributed by atoms with Crippen molar-refractivity contribution in [2.45, 2.75) is 6.43 Å². The normalized spacial score (nSPS) is 10.2. The highest BCUT2D eigenvalue weighted by atomic mass is 19.3. The number of hydrogen-bond donors (Lipinski definition) is 2. The first-order chi connectivity index (χ1) is 6.59. The van der Waals surface area contributed by atoms with Crippen LogP contribution in [0.1, 0.15) is 10.4 Å². The number of hydrogen-bond acceptors (Lipinski definition) is 3. The minimum atomic E-state index is -2.46. The Balaban J connectivity index is 2.60. The Kier molecular flexibility index (Phi) is 3.33. The van der Waals surface area contributed by atoms with Crippen LogP contribution in [0, 0.1) is 0 Å². The summed E-state index contributed by atoms with van der Waals surface area (Å²) in [5, 5.41) is 10.9. The van der Waals surface area contributed by atoms with E-state index in [9.17, 15) is 13.6 Å². The summed E-state index contributed by atoms with van der Waals surface area (Å²) in [6, 6.07) is 2.63. The zero-order chi connectivity index (χ0) is 10.6. The fourth-order valence-electron chi connectivity index (χ4n) is 0.807. The molecule has 1 heterocycles. The summed E-state index contributed by atoms with van der Waals surface area (Å²) in [6.07, 6.45) is -1.35. The Bertz CT molecular complexity index is 314. The Morgan fingerprint density at radius 1 is 1.57 bits per heavy atom. The number of aromatic nitrogens is 1. The van der Waals surface area contributed by atoms with Crippen LogP contribution in [0.5, 0.6) is 0 Å². The van der Waals surface area contributed by atoms with Crippen LogP contribution in [-0.4, -0.2) is 29.0 Å². The molecule has 6 heteroatoms. The smallest absolute Gasteiger partial charge is 0.337 e. The number of pyridine rings is 1. The van der Waals surface area contributed by atoms with Crippen molar-refractivity contribution in [3.63, 3.8) is 0 Å². The van der Waals surface area contributed by atoms with Gasteiger partial charge in [0.05, 0.1) is 12.1 Å². The largest absolute Gasteiger partial charge is 0.478 e. The molecule has 0 aliphatic rings. The number of halogens is 2. The van der Waals surface area contributed by atoms with Gasteiger partial charge in [-0.05, 0) is 12.1 Å². The van der Waals surface area contributed by atoms with Gasteiger partial charge in [0.2, 0.25) is 0 Å². The van der Waals surface area contributed by atoms with Crippen molar-refractivity contribution in [3.05, 3.63) is 23.9 Å². The molecule has 2 N–H and O–H groups in total. The van der Waals surface area contributed by atoms with Gasteiger partial charge in [-0.1, -0.05) is 0 Å². The topological polar surface area (TPSA) is 62.2 Å². The van der Waals surface area contributed by atoms with Crippen LogP contribution < -0.4 is 5.32 Å². The molecule has 0 radical (unpaired) electrons. The summed E-state index contributed by atoms with van der Waals surface area (Å²) in [5.74, 6) is -0.867. The second-order valence-electron chi connectivity index (χ2n) is 2.51. The van der Waals surface area contributed by atoms with Gasteiger partial charge in [0, 0.05) is 6.20 Å². The fraction of sp³-hybridized carbons (Fsp3) is 0.250. The van der Waals surface area contributed by atoms with Crippen molar-refractivity contribution >= 4 is 11.8 Å². The van der Waals surface area contributed by atoms with E-state index in [1.165, 1.54) is 12.1 Å². The Morgan fingerprint density at radius 3 is 2.71 bits per heavy atom. The van der Waals surface area contributed by atoms with Crippen molar-refractivity contribution in [2.24, 2.45) is 0 Å². The number of carbonyl (C=O) groups is 1. The lowest BCUT2D eigenvalue weighted by Gasteiger charge is -2.03. The van der Waals surface area contributed by atoms with Crippen molar-refractivity contribution in [3.8, 4) is 0 Å². The Labute approximate surface area is 78.6 Å². The van der Waals surface area contributed by atoms with Crippen LogP contribution in [0.15, 0.2) is 18.3 Å². The van der Waals surface area contributed by atoms with Crippen molar-refractivity contribution < 1.29 is 18.7 Å². The number of alkyl halides is 2. The van der Waals surface area contributed by atoms with Crippen molar-refractivity contribution in [1.82, 2.24) is 4.98 Å². The molecule has 0 bridgehead atoms. The zero-order valence-electron chi connectivity index (χ0n) is 7.08. The summed E-state index contributed by atoms with van der Waals surface area (Å²) in [4.78, 5) is 14.0. The molecule has 4 nitrogen and oxygen atoms in total. The monoisotopic (exact) mass is 202 g/mol. The van der Waals surface area contributed by atoms with Gasteiger partial charge in [0.25, 0.3) is 6.43 Å². The maximum atomic E-state index is 11.7. The second kappa shape index (κ2) is 4.50. The highest BCUT2D eigenvalue weighted by molar-refractivity contribution is 5.87. The quantitative estimate of drug-likeness (QED) is 0.775. The molecule has 1 aromatic rings. The third-order valence-electron chi connectivity index (χ3n) is 1.45. The molecule has 0 fully saturated rings. The Morgan fingerprint density at radius 2 is 2.29 bits per heavy atom. The van der Waals surface area contributed by atoms with E-state index in [0.717, 1.165) is 6.20 Å². The average molecular weight is 202 g/mol. The number of nitrogens with zero attached hydrogens (tertiary/aromatic N) is 1. The van der Waals surface area contributed by atoms with E-state index >= 15 is 0 Å². The zero-order valence-corrected chi connectivity index (χ0v) is 7.08. The maximum absolute atomic E-state index is 11.7. The Hall–Kier alpha value is -1.72. The van der Waals surface area contributed by atoms with E-state index in [0.29, 0.717) is 0 Å². The average Bonchev–Trinajstić information content (AvgIpc) is 2.15. The standard InChI is InChI=1S/C8H8F2N2O2/c9-6(10)4-12-7-2-1-5(3-11-7)8(13)14/h1-3,6H,4H2,(H,11,12)(H,13,14). The van der Waals surface area contributed by atoms with Gasteiger partial charge in [0.1, 0.15) is 5.82 Å². The van der Waals surface area contributed by atoms with Gasteiger partial charge >= 0.3 is 5.97 Å². The summed E-state index contributed by atoms with van der Waals surface area (Å²) in [7, 11) is 0. The lowest BCUT2D eigenvalue weighted by molar-refractivity contribution is 0.0696. The second-order valence-corrected chi connectivity index (χ2v) is 2.51. The molecule has 0 unspecified atom stereocenters. The lowest BCUT2D eigenvalue weighted by atomic mass is 10.3.